The van der Waals surface area contributed by atoms with Gasteiger partial charge in [0, 0.05) is 31.3 Å². The molecule has 0 atom stereocenters. The van der Waals surface area contributed by atoms with Crippen molar-refractivity contribution < 1.29 is 17.9 Å². The standard InChI is InChI=1S/C13H12F3N3O/c14-13(15,16)20-10-3-1-2-9(6-10)19-8-18-11-7-17-5-4-12(11)19/h1-3,6,8,17H,4-5,7H2. The van der Waals surface area contributed by atoms with E-state index in [9.17, 15) is 13.2 Å². The fourth-order valence-corrected chi connectivity index (χ4v) is 2.29. The van der Waals surface area contributed by atoms with E-state index in [2.05, 4.69) is 15.0 Å². The number of imidazole rings is 1. The smallest absolute Gasteiger partial charge is 0.406 e. The summed E-state index contributed by atoms with van der Waals surface area (Å²) in [6.45, 7) is 1.51. The van der Waals surface area contributed by atoms with E-state index in [1.54, 1.807) is 17.0 Å². The molecule has 0 aliphatic carbocycles. The van der Waals surface area contributed by atoms with Gasteiger partial charge in [-0.3, -0.25) is 0 Å². The zero-order valence-corrected chi connectivity index (χ0v) is 10.4. The van der Waals surface area contributed by atoms with E-state index >= 15 is 0 Å². The first kappa shape index (κ1) is 13.0. The van der Waals surface area contributed by atoms with Crippen LogP contribution in [0.3, 0.4) is 0 Å². The summed E-state index contributed by atoms with van der Waals surface area (Å²) in [5.41, 5.74) is 2.56. The van der Waals surface area contributed by atoms with E-state index in [4.69, 9.17) is 0 Å². The summed E-state index contributed by atoms with van der Waals surface area (Å²) in [5, 5.41) is 3.20. The lowest BCUT2D eigenvalue weighted by Crippen LogP contribution is -2.24. The Labute approximate surface area is 113 Å². The molecule has 106 valence electrons. The number of hydrogen-bond donors (Lipinski definition) is 1. The van der Waals surface area contributed by atoms with Crippen LogP contribution >= 0.6 is 0 Å². The minimum Gasteiger partial charge on any atom is -0.406 e. The van der Waals surface area contributed by atoms with Crippen molar-refractivity contribution >= 4 is 0 Å². The summed E-state index contributed by atoms with van der Waals surface area (Å²) < 4.78 is 42.5. The van der Waals surface area contributed by atoms with Gasteiger partial charge in [-0.25, -0.2) is 4.98 Å². The van der Waals surface area contributed by atoms with Crippen LogP contribution in [-0.4, -0.2) is 22.5 Å². The first-order valence-corrected chi connectivity index (χ1v) is 6.15. The van der Waals surface area contributed by atoms with Crippen molar-refractivity contribution in [3.8, 4) is 11.4 Å². The van der Waals surface area contributed by atoms with Gasteiger partial charge in [-0.15, -0.1) is 13.2 Å². The van der Waals surface area contributed by atoms with E-state index in [-0.39, 0.29) is 5.75 Å². The van der Waals surface area contributed by atoms with Crippen molar-refractivity contribution in [2.45, 2.75) is 19.3 Å². The number of hydrogen-bond acceptors (Lipinski definition) is 3. The molecule has 2 aromatic rings. The molecule has 1 N–H and O–H groups in total. The SMILES string of the molecule is FC(F)(F)Oc1cccc(-n2cnc3c2CCNC3)c1. The first-order valence-electron chi connectivity index (χ1n) is 6.15. The lowest BCUT2D eigenvalue weighted by atomic mass is 10.1. The molecule has 0 radical (unpaired) electrons. The molecule has 1 aromatic heterocycles. The average Bonchev–Trinajstić information content (AvgIpc) is 2.81. The molecule has 0 unspecified atom stereocenters. The van der Waals surface area contributed by atoms with Crippen molar-refractivity contribution in [1.29, 1.82) is 0 Å². The minimum atomic E-state index is -4.68. The number of rotatable bonds is 2. The molecular formula is C13H12F3N3O. The van der Waals surface area contributed by atoms with Gasteiger partial charge in [0.2, 0.25) is 0 Å². The maximum absolute atomic E-state index is 12.2. The second kappa shape index (κ2) is 4.82. The Morgan fingerprint density at radius 3 is 2.95 bits per heavy atom. The lowest BCUT2D eigenvalue weighted by Gasteiger charge is -2.16. The van der Waals surface area contributed by atoms with Crippen molar-refractivity contribution in [3.63, 3.8) is 0 Å². The minimum absolute atomic E-state index is 0.230. The fourth-order valence-electron chi connectivity index (χ4n) is 2.29. The van der Waals surface area contributed by atoms with E-state index in [1.807, 2.05) is 0 Å². The molecule has 0 saturated carbocycles. The molecule has 7 heteroatoms. The number of halogens is 3. The second-order valence-electron chi connectivity index (χ2n) is 4.48. The van der Waals surface area contributed by atoms with Gasteiger partial charge in [-0.1, -0.05) is 6.07 Å². The zero-order valence-electron chi connectivity index (χ0n) is 10.4. The topological polar surface area (TPSA) is 39.1 Å². The molecule has 0 fully saturated rings. The maximum atomic E-state index is 12.2. The van der Waals surface area contributed by atoms with Crippen molar-refractivity contribution in [1.82, 2.24) is 14.9 Å². The summed E-state index contributed by atoms with van der Waals surface area (Å²) >= 11 is 0. The van der Waals surface area contributed by atoms with Gasteiger partial charge in [0.15, 0.2) is 0 Å². The molecular weight excluding hydrogens is 271 g/mol. The van der Waals surface area contributed by atoms with E-state index in [1.165, 1.54) is 18.2 Å². The molecule has 1 aromatic carbocycles. The number of alkyl halides is 3. The quantitative estimate of drug-likeness (QED) is 0.920. The van der Waals surface area contributed by atoms with Crippen LogP contribution in [0.5, 0.6) is 5.75 Å². The molecule has 0 bridgehead atoms. The van der Waals surface area contributed by atoms with Crippen LogP contribution < -0.4 is 10.1 Å². The molecule has 1 aliphatic rings. The lowest BCUT2D eigenvalue weighted by molar-refractivity contribution is -0.274. The Kier molecular flexibility index (Phi) is 3.13. The van der Waals surface area contributed by atoms with Crippen LogP contribution in [0.25, 0.3) is 5.69 Å². The molecule has 0 amide bonds. The second-order valence-corrected chi connectivity index (χ2v) is 4.48. The van der Waals surface area contributed by atoms with Crippen LogP contribution in [0.4, 0.5) is 13.2 Å². The summed E-state index contributed by atoms with van der Waals surface area (Å²) in [6.07, 6.45) is -2.26. The largest absolute Gasteiger partial charge is 0.573 e. The summed E-state index contributed by atoms with van der Waals surface area (Å²) in [5.74, 6) is -0.230. The molecule has 1 aliphatic heterocycles. The maximum Gasteiger partial charge on any atom is 0.573 e. The number of nitrogens with one attached hydrogen (secondary N) is 1. The Hall–Kier alpha value is -2.02. The highest BCUT2D eigenvalue weighted by Gasteiger charge is 2.31. The molecule has 0 saturated heterocycles. The number of benzene rings is 1. The van der Waals surface area contributed by atoms with Gasteiger partial charge in [0.05, 0.1) is 17.7 Å². The number of aromatic nitrogens is 2. The van der Waals surface area contributed by atoms with Crippen LogP contribution in [0.15, 0.2) is 30.6 Å². The molecule has 20 heavy (non-hydrogen) atoms. The summed E-state index contributed by atoms with van der Waals surface area (Å²) in [7, 11) is 0. The van der Waals surface area contributed by atoms with Crippen molar-refractivity contribution in [2.75, 3.05) is 6.54 Å². The third-order valence-electron chi connectivity index (χ3n) is 3.11. The van der Waals surface area contributed by atoms with Crippen LogP contribution in [0, 0.1) is 0 Å². The highest BCUT2D eigenvalue weighted by Crippen LogP contribution is 2.26. The Morgan fingerprint density at radius 1 is 1.30 bits per heavy atom. The van der Waals surface area contributed by atoms with Gasteiger partial charge in [-0.2, -0.15) is 0 Å². The van der Waals surface area contributed by atoms with Crippen LogP contribution in [-0.2, 0) is 13.0 Å². The molecule has 0 spiro atoms. The van der Waals surface area contributed by atoms with Gasteiger partial charge in [-0.05, 0) is 12.1 Å². The number of nitrogens with zero attached hydrogens (tertiary/aromatic N) is 2. The van der Waals surface area contributed by atoms with Crippen molar-refractivity contribution in [3.05, 3.63) is 42.0 Å². The predicted molar refractivity (Wildman–Crippen MR) is 65.7 cm³/mol. The zero-order chi connectivity index (χ0) is 14.2. The van der Waals surface area contributed by atoms with Gasteiger partial charge < -0.3 is 14.6 Å². The fraction of sp³-hybridized carbons (Fsp3) is 0.308. The van der Waals surface area contributed by atoms with Crippen molar-refractivity contribution in [2.24, 2.45) is 0 Å². The average molecular weight is 283 g/mol. The normalized spacial score (nSPS) is 14.9. The number of fused-ring (bicyclic) bond motifs is 1. The summed E-state index contributed by atoms with van der Waals surface area (Å²) in [6, 6.07) is 5.90. The highest BCUT2D eigenvalue weighted by atomic mass is 19.4. The van der Waals surface area contributed by atoms with Crippen LogP contribution in [0.2, 0.25) is 0 Å². The van der Waals surface area contributed by atoms with Gasteiger partial charge in [0.25, 0.3) is 0 Å². The van der Waals surface area contributed by atoms with E-state index < -0.39 is 6.36 Å². The van der Waals surface area contributed by atoms with Gasteiger partial charge >= 0.3 is 6.36 Å². The van der Waals surface area contributed by atoms with E-state index in [0.29, 0.717) is 12.2 Å². The monoisotopic (exact) mass is 283 g/mol. The highest BCUT2D eigenvalue weighted by molar-refractivity contribution is 5.41. The number of ether oxygens (including phenoxy) is 1. The molecule has 4 nitrogen and oxygen atoms in total. The van der Waals surface area contributed by atoms with E-state index in [0.717, 1.165) is 24.4 Å². The Balaban J connectivity index is 1.94. The Bertz CT molecular complexity index is 622. The summed E-state index contributed by atoms with van der Waals surface area (Å²) in [4.78, 5) is 4.27. The van der Waals surface area contributed by atoms with Gasteiger partial charge in [0.1, 0.15) is 5.75 Å². The Morgan fingerprint density at radius 2 is 2.15 bits per heavy atom. The molecule has 2 heterocycles. The first-order chi connectivity index (χ1) is 9.53. The molecule has 3 rings (SSSR count). The third-order valence-corrected chi connectivity index (χ3v) is 3.11. The predicted octanol–water partition coefficient (Wildman–Crippen LogP) is 2.42. The third kappa shape index (κ3) is 2.62. The van der Waals surface area contributed by atoms with Crippen LogP contribution in [0.1, 0.15) is 11.4 Å².